The second kappa shape index (κ2) is 7.32. The molecule has 1 amide bonds. The molecule has 0 unspecified atom stereocenters. The molecule has 6 nitrogen and oxygen atoms in total. The molecule has 2 N–H and O–H groups in total. The molecule has 0 radical (unpaired) electrons. The molecule has 2 aromatic heterocycles. The molecule has 2 heterocycles. The van der Waals surface area contributed by atoms with Crippen molar-refractivity contribution in [1.29, 1.82) is 0 Å². The maximum absolute atomic E-state index is 13.0. The lowest BCUT2D eigenvalue weighted by atomic mass is 10.1. The Balaban J connectivity index is 1.69. The maximum Gasteiger partial charge on any atom is 0.257 e. The van der Waals surface area contributed by atoms with Crippen LogP contribution in [0.1, 0.15) is 21.6 Å². The molecule has 140 valence electrons. The van der Waals surface area contributed by atoms with Gasteiger partial charge in [-0.25, -0.2) is 4.68 Å². The molecular weight excluding hydrogens is 376 g/mol. The summed E-state index contributed by atoms with van der Waals surface area (Å²) < 4.78 is 1.66. The Bertz CT molecular complexity index is 1230. The minimum Gasteiger partial charge on any atom is -0.348 e. The number of pyridine rings is 1. The van der Waals surface area contributed by atoms with Crippen LogP contribution in [0, 0.1) is 6.92 Å². The Morgan fingerprint density at radius 3 is 2.61 bits per heavy atom. The number of hydrogen-bond donors (Lipinski definition) is 2. The standard InChI is InChI=1S/C21H17ClN4O2/c1-13-18-19(27)16(21(28)24-11-14-7-5-6-10-17(14)22)12-23-20(18)26(25-13)15-8-3-2-4-9-15/h2-10,12H,11H2,1H3,(H,23,27)(H,24,28). The first kappa shape index (κ1) is 18.0. The number of rotatable bonds is 4. The number of fused-ring (bicyclic) bond motifs is 1. The second-order valence-corrected chi connectivity index (χ2v) is 6.77. The summed E-state index contributed by atoms with van der Waals surface area (Å²) >= 11 is 6.11. The van der Waals surface area contributed by atoms with Gasteiger partial charge >= 0.3 is 0 Å². The fourth-order valence-electron chi connectivity index (χ4n) is 3.11. The van der Waals surface area contributed by atoms with Gasteiger partial charge < -0.3 is 10.3 Å². The number of amides is 1. The van der Waals surface area contributed by atoms with Crippen LogP contribution in [0.2, 0.25) is 5.02 Å². The van der Waals surface area contributed by atoms with Crippen LogP contribution in [0.3, 0.4) is 0 Å². The number of hydrogen-bond acceptors (Lipinski definition) is 3. The van der Waals surface area contributed by atoms with Crippen LogP contribution in [0.5, 0.6) is 0 Å². The Kier molecular flexibility index (Phi) is 4.71. The van der Waals surface area contributed by atoms with Gasteiger partial charge in [-0.1, -0.05) is 48.0 Å². The normalized spacial score (nSPS) is 10.9. The van der Waals surface area contributed by atoms with E-state index in [1.807, 2.05) is 48.5 Å². The van der Waals surface area contributed by atoms with Crippen LogP contribution in [-0.4, -0.2) is 20.7 Å². The monoisotopic (exact) mass is 392 g/mol. The first-order chi connectivity index (χ1) is 13.6. The zero-order valence-corrected chi connectivity index (χ0v) is 15.8. The van der Waals surface area contributed by atoms with Crippen LogP contribution in [0.25, 0.3) is 16.7 Å². The number of carbonyl (C=O) groups is 1. The molecule has 0 saturated carbocycles. The van der Waals surface area contributed by atoms with Crippen molar-refractivity contribution in [1.82, 2.24) is 20.1 Å². The van der Waals surface area contributed by atoms with Gasteiger partial charge in [0.1, 0.15) is 11.2 Å². The number of para-hydroxylation sites is 1. The topological polar surface area (TPSA) is 79.8 Å². The molecule has 0 fully saturated rings. The van der Waals surface area contributed by atoms with Gasteiger partial charge in [-0.05, 0) is 30.7 Å². The molecule has 7 heteroatoms. The van der Waals surface area contributed by atoms with Crippen molar-refractivity contribution in [2.45, 2.75) is 13.5 Å². The number of aryl methyl sites for hydroxylation is 1. The predicted octanol–water partition coefficient (Wildman–Crippen LogP) is 3.61. The van der Waals surface area contributed by atoms with Gasteiger partial charge in [-0.2, -0.15) is 5.10 Å². The molecule has 0 atom stereocenters. The number of nitrogens with zero attached hydrogens (tertiary/aromatic N) is 2. The van der Waals surface area contributed by atoms with Gasteiger partial charge in [0, 0.05) is 17.8 Å². The van der Waals surface area contributed by atoms with Crippen molar-refractivity contribution in [3.63, 3.8) is 0 Å². The number of halogens is 1. The average molecular weight is 393 g/mol. The summed E-state index contributed by atoms with van der Waals surface area (Å²) in [7, 11) is 0. The highest BCUT2D eigenvalue weighted by Crippen LogP contribution is 2.18. The third-order valence-electron chi connectivity index (χ3n) is 4.53. The highest BCUT2D eigenvalue weighted by atomic mass is 35.5. The van der Waals surface area contributed by atoms with E-state index in [2.05, 4.69) is 15.4 Å². The molecule has 0 aliphatic carbocycles. The maximum atomic E-state index is 13.0. The Labute approximate surface area is 165 Å². The van der Waals surface area contributed by atoms with Crippen molar-refractivity contribution < 1.29 is 4.79 Å². The SMILES string of the molecule is Cc1nn(-c2ccccc2)c2[nH]cc(C(=O)NCc3ccccc3Cl)c(=O)c12. The zero-order chi connectivity index (χ0) is 19.7. The highest BCUT2D eigenvalue weighted by molar-refractivity contribution is 6.31. The molecule has 0 aliphatic rings. The predicted molar refractivity (Wildman–Crippen MR) is 109 cm³/mol. The van der Waals surface area contributed by atoms with E-state index in [0.29, 0.717) is 21.7 Å². The average Bonchev–Trinajstić information content (AvgIpc) is 3.05. The van der Waals surface area contributed by atoms with Crippen molar-refractivity contribution in [2.24, 2.45) is 0 Å². The van der Waals surface area contributed by atoms with E-state index in [1.54, 1.807) is 17.7 Å². The molecule has 28 heavy (non-hydrogen) atoms. The fraction of sp³-hybridized carbons (Fsp3) is 0.0952. The van der Waals surface area contributed by atoms with Crippen LogP contribution in [-0.2, 0) is 6.54 Å². The molecule has 0 saturated heterocycles. The number of H-pyrrole nitrogens is 1. The third-order valence-corrected chi connectivity index (χ3v) is 4.90. The van der Waals surface area contributed by atoms with Crippen LogP contribution in [0.4, 0.5) is 0 Å². The van der Waals surface area contributed by atoms with Gasteiger partial charge in [0.2, 0.25) is 5.43 Å². The molecular formula is C21H17ClN4O2. The number of aromatic nitrogens is 3. The smallest absolute Gasteiger partial charge is 0.257 e. The van der Waals surface area contributed by atoms with Gasteiger partial charge in [0.05, 0.1) is 16.8 Å². The summed E-state index contributed by atoms with van der Waals surface area (Å²) in [4.78, 5) is 28.6. The first-order valence-electron chi connectivity index (χ1n) is 8.74. The van der Waals surface area contributed by atoms with E-state index < -0.39 is 5.91 Å². The van der Waals surface area contributed by atoms with Gasteiger partial charge in [0.25, 0.3) is 5.91 Å². The number of nitrogens with one attached hydrogen (secondary N) is 2. The molecule has 2 aromatic carbocycles. The minimum atomic E-state index is -0.463. The summed E-state index contributed by atoms with van der Waals surface area (Å²) in [6.07, 6.45) is 1.42. The van der Waals surface area contributed by atoms with Crippen LogP contribution >= 0.6 is 11.6 Å². The summed E-state index contributed by atoms with van der Waals surface area (Å²) in [5, 5.41) is 8.17. The Morgan fingerprint density at radius 2 is 1.86 bits per heavy atom. The van der Waals surface area contributed by atoms with Crippen molar-refractivity contribution in [2.75, 3.05) is 0 Å². The highest BCUT2D eigenvalue weighted by Gasteiger charge is 2.18. The van der Waals surface area contributed by atoms with E-state index in [-0.39, 0.29) is 17.5 Å². The molecule has 0 bridgehead atoms. The largest absolute Gasteiger partial charge is 0.348 e. The first-order valence-corrected chi connectivity index (χ1v) is 9.12. The van der Waals surface area contributed by atoms with Gasteiger partial charge in [-0.15, -0.1) is 0 Å². The van der Waals surface area contributed by atoms with Crippen molar-refractivity contribution in [3.8, 4) is 5.69 Å². The van der Waals surface area contributed by atoms with E-state index in [9.17, 15) is 9.59 Å². The lowest BCUT2D eigenvalue weighted by Crippen LogP contribution is -2.28. The molecule has 4 rings (SSSR count). The Hall–Kier alpha value is -3.38. The zero-order valence-electron chi connectivity index (χ0n) is 15.1. The second-order valence-electron chi connectivity index (χ2n) is 6.36. The van der Waals surface area contributed by atoms with Crippen LogP contribution in [0.15, 0.2) is 65.6 Å². The summed E-state index contributed by atoms with van der Waals surface area (Å²) in [5.74, 6) is -0.463. The van der Waals surface area contributed by atoms with Gasteiger partial charge in [0.15, 0.2) is 0 Å². The summed E-state index contributed by atoms with van der Waals surface area (Å²) in [6.45, 7) is 1.99. The minimum absolute atomic E-state index is 0.0373. The fourth-order valence-corrected chi connectivity index (χ4v) is 3.31. The van der Waals surface area contributed by atoms with E-state index in [4.69, 9.17) is 11.6 Å². The van der Waals surface area contributed by atoms with E-state index in [0.717, 1.165) is 11.3 Å². The van der Waals surface area contributed by atoms with Crippen molar-refractivity contribution in [3.05, 3.63) is 92.9 Å². The van der Waals surface area contributed by atoms with E-state index in [1.165, 1.54) is 6.20 Å². The summed E-state index contributed by atoms with van der Waals surface area (Å²) in [6, 6.07) is 16.7. The third kappa shape index (κ3) is 3.18. The number of carbonyl (C=O) groups excluding carboxylic acids is 1. The lowest BCUT2D eigenvalue weighted by molar-refractivity contribution is 0.0949. The van der Waals surface area contributed by atoms with Gasteiger partial charge in [-0.3, -0.25) is 9.59 Å². The number of benzene rings is 2. The Morgan fingerprint density at radius 1 is 1.14 bits per heavy atom. The quantitative estimate of drug-likeness (QED) is 0.556. The molecule has 0 spiro atoms. The number of aromatic amines is 1. The van der Waals surface area contributed by atoms with Crippen LogP contribution < -0.4 is 10.7 Å². The summed E-state index contributed by atoms with van der Waals surface area (Å²) in [5.41, 5.74) is 2.40. The molecule has 0 aliphatic heterocycles. The van der Waals surface area contributed by atoms with E-state index >= 15 is 0 Å². The molecule has 4 aromatic rings. The van der Waals surface area contributed by atoms with Crippen molar-refractivity contribution >= 4 is 28.5 Å². The lowest BCUT2D eigenvalue weighted by Gasteiger charge is -2.07.